The molecule has 0 bridgehead atoms. The van der Waals surface area contributed by atoms with Crippen LogP contribution >= 0.6 is 45.2 Å². The lowest BCUT2D eigenvalue weighted by molar-refractivity contribution is -0.384. The molecule has 0 spiro atoms. The Morgan fingerprint density at radius 3 is 2.41 bits per heavy atom. The first-order chi connectivity index (χ1) is 16.0. The van der Waals surface area contributed by atoms with Crippen molar-refractivity contribution in [2.75, 3.05) is 0 Å². The van der Waals surface area contributed by atoms with Crippen molar-refractivity contribution in [1.29, 1.82) is 0 Å². The number of hydrogen-bond donors (Lipinski definition) is 1. The summed E-state index contributed by atoms with van der Waals surface area (Å²) < 4.78 is 45.8. The summed E-state index contributed by atoms with van der Waals surface area (Å²) in [5.41, 5.74) is 2.37. The van der Waals surface area contributed by atoms with Gasteiger partial charge in [0, 0.05) is 17.7 Å². The Kier molecular flexibility index (Phi) is 8.46. The van der Waals surface area contributed by atoms with Gasteiger partial charge in [-0.2, -0.15) is 18.3 Å². The van der Waals surface area contributed by atoms with Gasteiger partial charge >= 0.3 is 6.18 Å². The van der Waals surface area contributed by atoms with E-state index in [1.807, 2.05) is 0 Å². The Morgan fingerprint density at radius 2 is 1.76 bits per heavy atom. The van der Waals surface area contributed by atoms with Crippen LogP contribution in [0, 0.1) is 17.3 Å². The van der Waals surface area contributed by atoms with E-state index in [0.29, 0.717) is 16.9 Å². The van der Waals surface area contributed by atoms with E-state index >= 15 is 0 Å². The molecule has 0 heterocycles. The minimum absolute atomic E-state index is 0.0239. The fourth-order valence-electron chi connectivity index (χ4n) is 2.77. The number of carbonyl (C=O) groups is 1. The number of carbonyl (C=O) groups excluding carboxylic acids is 1. The highest BCUT2D eigenvalue weighted by Gasteiger charge is 2.30. The SMILES string of the molecule is O=C(N/N=C\c1cc(I)c(OCc2cccc([N+](=O)[O-])c2)c(I)c1)c1cccc(C(F)(F)F)c1. The Balaban J connectivity index is 1.66. The summed E-state index contributed by atoms with van der Waals surface area (Å²) in [5.74, 6) is -0.193. The van der Waals surface area contributed by atoms with Crippen molar-refractivity contribution >= 4 is 63.0 Å². The molecule has 0 saturated heterocycles. The smallest absolute Gasteiger partial charge is 0.416 e. The number of alkyl halides is 3. The maximum atomic E-state index is 12.8. The van der Waals surface area contributed by atoms with Gasteiger partial charge in [-0.25, -0.2) is 5.43 Å². The molecule has 0 aliphatic carbocycles. The summed E-state index contributed by atoms with van der Waals surface area (Å²) in [4.78, 5) is 22.6. The molecule has 12 heteroatoms. The molecule has 7 nitrogen and oxygen atoms in total. The van der Waals surface area contributed by atoms with Crippen molar-refractivity contribution in [3.05, 3.63) is 100 Å². The zero-order valence-corrected chi connectivity index (χ0v) is 21.3. The second-order valence-electron chi connectivity index (χ2n) is 6.81. The van der Waals surface area contributed by atoms with Crippen LogP contribution in [0.15, 0.2) is 65.8 Å². The molecular weight excluding hydrogens is 681 g/mol. The number of halogens is 5. The van der Waals surface area contributed by atoms with Crippen LogP contribution in [-0.2, 0) is 12.8 Å². The maximum Gasteiger partial charge on any atom is 0.416 e. The molecule has 34 heavy (non-hydrogen) atoms. The number of nitro benzene ring substituents is 1. The quantitative estimate of drug-likeness (QED) is 0.139. The Hall–Kier alpha value is -2.75. The Bertz CT molecular complexity index is 1240. The van der Waals surface area contributed by atoms with Crippen LogP contribution in [0.5, 0.6) is 5.75 Å². The van der Waals surface area contributed by atoms with Gasteiger partial charge in [-0.3, -0.25) is 14.9 Å². The predicted molar refractivity (Wildman–Crippen MR) is 136 cm³/mol. The third-order valence-electron chi connectivity index (χ3n) is 4.36. The van der Waals surface area contributed by atoms with Gasteiger partial charge in [0.25, 0.3) is 11.6 Å². The highest BCUT2D eigenvalue weighted by molar-refractivity contribution is 14.1. The van der Waals surface area contributed by atoms with Gasteiger partial charge in [-0.1, -0.05) is 18.2 Å². The van der Waals surface area contributed by atoms with Gasteiger partial charge < -0.3 is 4.74 Å². The number of hydrazone groups is 1. The summed E-state index contributed by atoms with van der Waals surface area (Å²) in [6.45, 7) is 0.133. The molecule has 3 aromatic rings. The number of nitrogens with one attached hydrogen (secondary N) is 1. The lowest BCUT2D eigenvalue weighted by Crippen LogP contribution is -2.18. The number of nitro groups is 1. The van der Waals surface area contributed by atoms with E-state index in [-0.39, 0.29) is 17.9 Å². The van der Waals surface area contributed by atoms with E-state index in [1.165, 1.54) is 24.4 Å². The number of amides is 1. The minimum atomic E-state index is -4.55. The van der Waals surface area contributed by atoms with Gasteiger partial charge in [-0.15, -0.1) is 0 Å². The van der Waals surface area contributed by atoms with Crippen LogP contribution in [0.2, 0.25) is 0 Å². The summed E-state index contributed by atoms with van der Waals surface area (Å²) in [7, 11) is 0. The lowest BCUT2D eigenvalue weighted by Gasteiger charge is -2.11. The van der Waals surface area contributed by atoms with Crippen LogP contribution in [0.3, 0.4) is 0 Å². The van der Waals surface area contributed by atoms with Crippen molar-refractivity contribution in [2.45, 2.75) is 12.8 Å². The molecule has 176 valence electrons. The molecule has 0 atom stereocenters. The van der Waals surface area contributed by atoms with Gasteiger partial charge in [0.05, 0.1) is 23.8 Å². The van der Waals surface area contributed by atoms with E-state index in [0.717, 1.165) is 25.3 Å². The number of ether oxygens (including phenoxy) is 1. The molecule has 1 N–H and O–H groups in total. The fraction of sp³-hybridized carbons (Fsp3) is 0.0909. The Labute approximate surface area is 218 Å². The fourth-order valence-corrected chi connectivity index (χ4v) is 4.90. The molecule has 0 radical (unpaired) electrons. The maximum absolute atomic E-state index is 12.8. The lowest BCUT2D eigenvalue weighted by atomic mass is 10.1. The number of non-ortho nitro benzene ring substituents is 1. The highest BCUT2D eigenvalue weighted by Crippen LogP contribution is 2.30. The molecular formula is C22H14F3I2N3O4. The largest absolute Gasteiger partial charge is 0.487 e. The average molecular weight is 695 g/mol. The molecule has 3 rings (SSSR count). The molecule has 3 aromatic carbocycles. The van der Waals surface area contributed by atoms with Gasteiger partial charge in [0.2, 0.25) is 0 Å². The van der Waals surface area contributed by atoms with Gasteiger partial charge in [-0.05, 0) is 86.6 Å². The molecule has 0 aliphatic rings. The van der Waals surface area contributed by atoms with Gasteiger partial charge in [0.15, 0.2) is 0 Å². The van der Waals surface area contributed by atoms with Crippen molar-refractivity contribution in [3.8, 4) is 5.75 Å². The standard InChI is InChI=1S/C22H14F3I2N3O4/c23-22(24,25)16-5-2-4-15(10-16)21(31)29-28-11-14-8-18(26)20(19(27)9-14)34-12-13-3-1-6-17(7-13)30(32)33/h1-11H,12H2,(H,29,31)/b28-11-. The monoisotopic (exact) mass is 695 g/mol. The van der Waals surface area contributed by atoms with E-state index in [2.05, 4.69) is 55.7 Å². The van der Waals surface area contributed by atoms with E-state index in [9.17, 15) is 28.1 Å². The number of rotatable bonds is 7. The topological polar surface area (TPSA) is 93.8 Å². The predicted octanol–water partition coefficient (Wildman–Crippen LogP) is 6.17. The molecule has 0 aliphatic heterocycles. The second-order valence-corrected chi connectivity index (χ2v) is 9.13. The second kappa shape index (κ2) is 11.1. The summed E-state index contributed by atoms with van der Waals surface area (Å²) in [5, 5.41) is 14.7. The molecule has 0 unspecified atom stereocenters. The van der Waals surface area contributed by atoms with Crippen LogP contribution in [0.25, 0.3) is 0 Å². The number of nitrogens with zero attached hydrogens (tertiary/aromatic N) is 2. The molecule has 0 fully saturated rings. The van der Waals surface area contributed by atoms with Crippen molar-refractivity contribution in [2.24, 2.45) is 5.10 Å². The third kappa shape index (κ3) is 6.88. The van der Waals surface area contributed by atoms with E-state index in [4.69, 9.17) is 4.74 Å². The van der Waals surface area contributed by atoms with Crippen LogP contribution in [0.1, 0.15) is 27.0 Å². The Morgan fingerprint density at radius 1 is 1.09 bits per heavy atom. The zero-order chi connectivity index (χ0) is 24.9. The summed E-state index contributed by atoms with van der Waals surface area (Å²) >= 11 is 4.13. The summed E-state index contributed by atoms with van der Waals surface area (Å²) in [6, 6.07) is 13.7. The number of benzene rings is 3. The normalized spacial score (nSPS) is 11.4. The first kappa shape index (κ1) is 25.9. The van der Waals surface area contributed by atoms with Crippen LogP contribution in [0.4, 0.5) is 18.9 Å². The van der Waals surface area contributed by atoms with Crippen LogP contribution < -0.4 is 10.2 Å². The van der Waals surface area contributed by atoms with Crippen molar-refractivity contribution in [3.63, 3.8) is 0 Å². The molecule has 1 amide bonds. The third-order valence-corrected chi connectivity index (χ3v) is 5.96. The van der Waals surface area contributed by atoms with E-state index in [1.54, 1.807) is 24.3 Å². The van der Waals surface area contributed by atoms with Crippen molar-refractivity contribution < 1.29 is 27.6 Å². The average Bonchev–Trinajstić information content (AvgIpc) is 2.78. The first-order valence-corrected chi connectivity index (χ1v) is 11.6. The number of hydrogen-bond acceptors (Lipinski definition) is 5. The minimum Gasteiger partial charge on any atom is -0.487 e. The molecule has 0 aromatic heterocycles. The van der Waals surface area contributed by atoms with Crippen LogP contribution in [-0.4, -0.2) is 17.0 Å². The van der Waals surface area contributed by atoms with E-state index < -0.39 is 22.6 Å². The summed E-state index contributed by atoms with van der Waals surface area (Å²) in [6.07, 6.45) is -3.19. The van der Waals surface area contributed by atoms with Gasteiger partial charge in [0.1, 0.15) is 12.4 Å². The van der Waals surface area contributed by atoms with Crippen molar-refractivity contribution in [1.82, 2.24) is 5.43 Å². The highest BCUT2D eigenvalue weighted by atomic mass is 127. The first-order valence-electron chi connectivity index (χ1n) is 9.40. The zero-order valence-electron chi connectivity index (χ0n) is 17.0. The molecule has 0 saturated carbocycles.